The van der Waals surface area contributed by atoms with E-state index in [0.29, 0.717) is 0 Å². The van der Waals surface area contributed by atoms with Crippen LogP contribution < -0.4 is 0 Å². The van der Waals surface area contributed by atoms with Crippen molar-refractivity contribution < 1.29 is 9.90 Å². The third kappa shape index (κ3) is 2.02. The smallest absolute Gasteiger partial charge is 0.328 e. The fourth-order valence-corrected chi connectivity index (χ4v) is 1.43. The summed E-state index contributed by atoms with van der Waals surface area (Å²) < 4.78 is 0. The minimum atomic E-state index is -0.956. The van der Waals surface area contributed by atoms with Gasteiger partial charge in [-0.15, -0.1) is 0 Å². The van der Waals surface area contributed by atoms with Crippen molar-refractivity contribution in [3.8, 4) is 0 Å². The number of hydrogen-bond acceptors (Lipinski definition) is 2. The molecule has 0 aliphatic carbocycles. The molecule has 0 aliphatic rings. The van der Waals surface area contributed by atoms with Crippen molar-refractivity contribution in [2.24, 2.45) is 0 Å². The van der Waals surface area contributed by atoms with Gasteiger partial charge in [-0.3, -0.25) is 4.98 Å². The number of nitrogens with zero attached hydrogens (tertiary/aromatic N) is 1. The van der Waals surface area contributed by atoms with Crippen LogP contribution in [-0.2, 0) is 4.79 Å². The maximum atomic E-state index is 10.4. The minimum Gasteiger partial charge on any atom is -0.478 e. The molecule has 1 N–H and O–H groups in total. The molecule has 0 atom stereocenters. The van der Waals surface area contributed by atoms with Gasteiger partial charge in [0.15, 0.2) is 0 Å². The van der Waals surface area contributed by atoms with Crippen molar-refractivity contribution in [1.82, 2.24) is 4.98 Å². The van der Waals surface area contributed by atoms with E-state index >= 15 is 0 Å². The van der Waals surface area contributed by atoms with Crippen LogP contribution in [0.4, 0.5) is 0 Å². The Hall–Kier alpha value is -2.16. The number of carboxylic acids is 1. The number of carbonyl (C=O) groups is 1. The Kier molecular flexibility index (Phi) is 2.46. The SMILES string of the molecule is O=C(O)/C=C/c1cncc2ccccc12. The Labute approximate surface area is 86.7 Å². The molecule has 0 bridgehead atoms. The van der Waals surface area contributed by atoms with Crippen molar-refractivity contribution in [3.63, 3.8) is 0 Å². The van der Waals surface area contributed by atoms with E-state index in [9.17, 15) is 4.79 Å². The molecule has 2 rings (SSSR count). The van der Waals surface area contributed by atoms with E-state index in [1.807, 2.05) is 24.3 Å². The van der Waals surface area contributed by atoms with Crippen LogP contribution in [0.1, 0.15) is 5.56 Å². The van der Waals surface area contributed by atoms with Crippen LogP contribution in [0.2, 0.25) is 0 Å². The maximum absolute atomic E-state index is 10.4. The molecule has 1 heterocycles. The first-order valence-corrected chi connectivity index (χ1v) is 4.51. The monoisotopic (exact) mass is 199 g/mol. The molecule has 0 fully saturated rings. The van der Waals surface area contributed by atoms with Gasteiger partial charge >= 0.3 is 5.97 Å². The zero-order chi connectivity index (χ0) is 10.7. The average Bonchev–Trinajstić information content (AvgIpc) is 2.26. The summed E-state index contributed by atoms with van der Waals surface area (Å²) in [5.74, 6) is -0.956. The summed E-state index contributed by atoms with van der Waals surface area (Å²) in [6.07, 6.45) is 6.08. The largest absolute Gasteiger partial charge is 0.478 e. The van der Waals surface area contributed by atoms with Crippen molar-refractivity contribution in [2.75, 3.05) is 0 Å². The molecule has 3 heteroatoms. The maximum Gasteiger partial charge on any atom is 0.328 e. The van der Waals surface area contributed by atoms with Gasteiger partial charge < -0.3 is 5.11 Å². The first kappa shape index (κ1) is 9.40. The summed E-state index contributed by atoms with van der Waals surface area (Å²) in [5.41, 5.74) is 0.815. The number of aliphatic carboxylic acids is 1. The van der Waals surface area contributed by atoms with Crippen molar-refractivity contribution >= 4 is 22.8 Å². The van der Waals surface area contributed by atoms with Gasteiger partial charge in [0.2, 0.25) is 0 Å². The van der Waals surface area contributed by atoms with Crippen LogP contribution in [0.5, 0.6) is 0 Å². The van der Waals surface area contributed by atoms with Gasteiger partial charge in [0, 0.05) is 29.4 Å². The summed E-state index contributed by atoms with van der Waals surface area (Å²) in [4.78, 5) is 14.4. The van der Waals surface area contributed by atoms with Crippen molar-refractivity contribution in [2.45, 2.75) is 0 Å². The third-order valence-corrected chi connectivity index (χ3v) is 2.10. The zero-order valence-electron chi connectivity index (χ0n) is 7.92. The predicted molar refractivity (Wildman–Crippen MR) is 58.4 cm³/mol. The summed E-state index contributed by atoms with van der Waals surface area (Å²) in [7, 11) is 0. The second kappa shape index (κ2) is 3.92. The molecule has 3 nitrogen and oxygen atoms in total. The Bertz CT molecular complexity index is 527. The normalized spacial score (nSPS) is 10.9. The van der Waals surface area contributed by atoms with Gasteiger partial charge in [-0.1, -0.05) is 24.3 Å². The first-order valence-electron chi connectivity index (χ1n) is 4.51. The second-order valence-electron chi connectivity index (χ2n) is 3.12. The Morgan fingerprint density at radius 2 is 2.07 bits per heavy atom. The standard InChI is InChI=1S/C12H9NO2/c14-12(15)6-5-10-8-13-7-9-3-1-2-4-11(9)10/h1-8H,(H,14,15)/b6-5+. The zero-order valence-corrected chi connectivity index (χ0v) is 7.92. The molecule has 74 valence electrons. The fraction of sp³-hybridized carbons (Fsp3) is 0. The van der Waals surface area contributed by atoms with Crippen LogP contribution in [-0.4, -0.2) is 16.1 Å². The lowest BCUT2D eigenvalue weighted by Crippen LogP contribution is -1.87. The van der Waals surface area contributed by atoms with Crippen LogP contribution >= 0.6 is 0 Å². The number of carboxylic acid groups (broad SMARTS) is 1. The summed E-state index contributed by atoms with van der Waals surface area (Å²) >= 11 is 0. The molecule has 0 radical (unpaired) electrons. The van der Waals surface area contributed by atoms with E-state index in [1.54, 1.807) is 18.5 Å². The van der Waals surface area contributed by atoms with Gasteiger partial charge in [0.1, 0.15) is 0 Å². The van der Waals surface area contributed by atoms with Crippen LogP contribution in [0.25, 0.3) is 16.8 Å². The third-order valence-electron chi connectivity index (χ3n) is 2.10. The van der Waals surface area contributed by atoms with E-state index < -0.39 is 5.97 Å². The number of fused-ring (bicyclic) bond motifs is 1. The molecule has 0 aliphatic heterocycles. The van der Waals surface area contributed by atoms with Crippen molar-refractivity contribution in [1.29, 1.82) is 0 Å². The predicted octanol–water partition coefficient (Wildman–Crippen LogP) is 2.33. The fourth-order valence-electron chi connectivity index (χ4n) is 1.43. The molecule has 1 aromatic carbocycles. The number of aromatic nitrogens is 1. The summed E-state index contributed by atoms with van der Waals surface area (Å²) in [5, 5.41) is 10.5. The first-order chi connectivity index (χ1) is 7.27. The van der Waals surface area contributed by atoms with Gasteiger partial charge in [0.05, 0.1) is 0 Å². The topological polar surface area (TPSA) is 50.2 Å². The molecule has 2 aromatic rings. The van der Waals surface area contributed by atoms with Gasteiger partial charge in [0.25, 0.3) is 0 Å². The van der Waals surface area contributed by atoms with Gasteiger partial charge in [-0.25, -0.2) is 4.79 Å². The van der Waals surface area contributed by atoms with E-state index in [-0.39, 0.29) is 0 Å². The van der Waals surface area contributed by atoms with Gasteiger partial charge in [-0.2, -0.15) is 0 Å². The molecular weight excluding hydrogens is 190 g/mol. The highest BCUT2D eigenvalue weighted by molar-refractivity contribution is 5.93. The summed E-state index contributed by atoms with van der Waals surface area (Å²) in [6.45, 7) is 0. The van der Waals surface area contributed by atoms with Crippen LogP contribution in [0.15, 0.2) is 42.7 Å². The number of pyridine rings is 1. The average molecular weight is 199 g/mol. The highest BCUT2D eigenvalue weighted by Crippen LogP contribution is 2.17. The second-order valence-corrected chi connectivity index (χ2v) is 3.12. The number of rotatable bonds is 2. The molecule has 0 spiro atoms. The lowest BCUT2D eigenvalue weighted by Gasteiger charge is -1.99. The highest BCUT2D eigenvalue weighted by atomic mass is 16.4. The van der Waals surface area contributed by atoms with E-state index in [1.165, 1.54) is 0 Å². The summed E-state index contributed by atoms with van der Waals surface area (Å²) in [6, 6.07) is 7.73. The Balaban J connectivity index is 2.56. The molecule has 0 unspecified atom stereocenters. The van der Waals surface area contributed by atoms with Crippen molar-refractivity contribution in [3.05, 3.63) is 48.3 Å². The quantitative estimate of drug-likeness (QED) is 0.755. The van der Waals surface area contributed by atoms with Crippen LogP contribution in [0, 0.1) is 0 Å². The molecule has 0 saturated carbocycles. The highest BCUT2D eigenvalue weighted by Gasteiger charge is 1.97. The van der Waals surface area contributed by atoms with E-state index in [0.717, 1.165) is 22.4 Å². The minimum absolute atomic E-state index is 0.815. The van der Waals surface area contributed by atoms with E-state index in [2.05, 4.69) is 4.98 Å². The Morgan fingerprint density at radius 1 is 1.27 bits per heavy atom. The van der Waals surface area contributed by atoms with E-state index in [4.69, 9.17) is 5.11 Å². The Morgan fingerprint density at radius 3 is 2.87 bits per heavy atom. The molecule has 0 amide bonds. The van der Waals surface area contributed by atoms with Crippen LogP contribution in [0.3, 0.4) is 0 Å². The molecule has 1 aromatic heterocycles. The number of hydrogen-bond donors (Lipinski definition) is 1. The molecule has 0 saturated heterocycles. The molecule has 15 heavy (non-hydrogen) atoms. The lowest BCUT2D eigenvalue weighted by atomic mass is 10.1. The number of benzene rings is 1. The molecular formula is C12H9NO2. The van der Waals surface area contributed by atoms with Gasteiger partial charge in [-0.05, 0) is 11.5 Å². The lowest BCUT2D eigenvalue weighted by molar-refractivity contribution is -0.131.